The van der Waals surface area contributed by atoms with Gasteiger partial charge < -0.3 is 35.5 Å². The maximum Gasteiger partial charge on any atom is 0.246 e. The van der Waals surface area contributed by atoms with E-state index in [1.807, 2.05) is 65.6 Å². The van der Waals surface area contributed by atoms with Crippen molar-refractivity contribution in [1.82, 2.24) is 26.2 Å². The highest BCUT2D eigenvalue weighted by atomic mass is 16.6. The Bertz CT molecular complexity index is 1540. The Morgan fingerprint density at radius 3 is 1.79 bits per heavy atom. The first-order valence-corrected chi connectivity index (χ1v) is 20.6. The lowest BCUT2D eigenvalue weighted by Crippen LogP contribution is -2.73. The second-order valence-corrected chi connectivity index (χ2v) is 16.1. The minimum absolute atomic E-state index is 0. The van der Waals surface area contributed by atoms with Crippen LogP contribution in [0.2, 0.25) is 0 Å². The van der Waals surface area contributed by atoms with E-state index >= 15 is 0 Å². The zero-order chi connectivity index (χ0) is 41.7. The summed E-state index contributed by atoms with van der Waals surface area (Å²) in [4.78, 5) is 67.4. The summed E-state index contributed by atoms with van der Waals surface area (Å²) in [6.45, 7) is 18.0. The van der Waals surface area contributed by atoms with E-state index < -0.39 is 35.3 Å². The maximum absolute atomic E-state index is 14.1. The fourth-order valence-corrected chi connectivity index (χ4v) is 7.20. The quantitative estimate of drug-likeness (QED) is 0.0980. The minimum Gasteiger partial charge on any atom is -0.379 e. The second kappa shape index (κ2) is 24.4. The Kier molecular flexibility index (Phi) is 20.1. The van der Waals surface area contributed by atoms with E-state index in [4.69, 9.17) is 9.47 Å². The monoisotopic (exact) mass is 798 g/mol. The summed E-state index contributed by atoms with van der Waals surface area (Å²) in [5, 5.41) is 11.5. The Balaban J connectivity index is 0. The number of ether oxygens (including phenoxy) is 2. The van der Waals surface area contributed by atoms with Gasteiger partial charge in [0, 0.05) is 18.8 Å². The highest BCUT2D eigenvalue weighted by Crippen LogP contribution is 2.60. The van der Waals surface area contributed by atoms with Crippen molar-refractivity contribution < 1.29 is 39.2 Å². The van der Waals surface area contributed by atoms with Crippen molar-refractivity contribution in [3.8, 4) is 0 Å². The summed E-state index contributed by atoms with van der Waals surface area (Å²) in [5.74, 6) is -0.692. The lowest BCUT2D eigenvalue weighted by Gasteiger charge is -2.60. The van der Waals surface area contributed by atoms with E-state index in [-0.39, 0.29) is 30.1 Å². The molecule has 4 fully saturated rings. The molecule has 2 aromatic rings. The molecule has 12 nitrogen and oxygen atoms in total. The van der Waals surface area contributed by atoms with Gasteiger partial charge in [-0.05, 0) is 80.8 Å². The molecule has 4 amide bonds. The van der Waals surface area contributed by atoms with Crippen LogP contribution in [-0.2, 0) is 46.3 Å². The average Bonchev–Trinajstić information content (AvgIpc) is 3.98. The zero-order valence-electron chi connectivity index (χ0n) is 34.7. The first kappa shape index (κ1) is 47.0. The van der Waals surface area contributed by atoms with E-state index in [0.29, 0.717) is 77.2 Å². The molecule has 4 N–H and O–H groups in total. The molecule has 0 radical (unpaired) electrons. The van der Waals surface area contributed by atoms with Crippen LogP contribution < -0.4 is 21.3 Å². The predicted molar refractivity (Wildman–Crippen MR) is 232 cm³/mol. The first-order valence-electron chi connectivity index (χ1n) is 20.6. The SMILES string of the molecule is C=C.CC(C)C.C[C@@H]1CO1.O=CCNC(=O)[C@H](CCc1ccccc1)NC(=O)C1(NC(=O)[C@H](CCc2ccccc2)NC(=O)CN2CCOCC2)CC2(CCC2)C1.[HH].[HH].[HH].[HH]. The Morgan fingerprint density at radius 2 is 1.35 bits per heavy atom. The third-order valence-corrected chi connectivity index (χ3v) is 10.3. The van der Waals surface area contributed by atoms with Gasteiger partial charge in [0.05, 0.1) is 39.0 Å². The molecule has 6 rings (SSSR count). The van der Waals surface area contributed by atoms with E-state index in [2.05, 4.69) is 62.1 Å². The maximum atomic E-state index is 14.1. The summed E-state index contributed by atoms with van der Waals surface area (Å²) < 4.78 is 10.1. The highest BCUT2D eigenvalue weighted by Gasteiger charge is 2.62. The minimum atomic E-state index is -1.20. The van der Waals surface area contributed by atoms with Gasteiger partial charge in [0.2, 0.25) is 23.6 Å². The standard InChI is InChI=1S/C36H47N5O6.C4H10.C3H6O.C2H4.4H2/c42-21-18-37-32(44)29(14-12-27-8-3-1-4-9-27)39-34(46)36(25-35(26-36)16-7-17-35)40-33(45)30(15-13-28-10-5-2-6-11-28)38-31(43)24-41-19-22-47-23-20-41;1-4(2)3;1-3-2-4-3;1-2;;;;/h1-6,8-11,21,29-30H,7,12-20,22-26H2,(H,37,44)(H,38,43)(H,39,46)(H,40,45);4H,1-3H3;3H,2H2,1H3;1-2H2;4*1H/t29-,30-;;3-;;;;;/m0.1...../s1. The average molecular weight is 798 g/mol. The first-order chi connectivity index (χ1) is 27.4. The number of rotatable bonds is 16. The Hall–Kier alpha value is -4.39. The van der Waals surface area contributed by atoms with Crippen LogP contribution in [0.3, 0.4) is 0 Å². The molecule has 2 aliphatic heterocycles. The van der Waals surface area contributed by atoms with E-state index in [0.717, 1.165) is 42.9 Å². The van der Waals surface area contributed by atoms with Gasteiger partial charge in [-0.3, -0.25) is 24.1 Å². The molecule has 322 valence electrons. The van der Waals surface area contributed by atoms with Gasteiger partial charge in [-0.15, -0.1) is 13.2 Å². The van der Waals surface area contributed by atoms with Crippen molar-refractivity contribution in [3.63, 3.8) is 0 Å². The number of carbonyl (C=O) groups excluding carboxylic acids is 5. The molecule has 0 bridgehead atoms. The van der Waals surface area contributed by atoms with E-state index in [1.54, 1.807) is 0 Å². The van der Waals surface area contributed by atoms with Crippen LogP contribution >= 0.6 is 0 Å². The number of aldehydes is 1. The number of hydrogen-bond acceptors (Lipinski definition) is 8. The van der Waals surface area contributed by atoms with Crippen molar-refractivity contribution in [1.29, 1.82) is 0 Å². The van der Waals surface area contributed by atoms with Gasteiger partial charge in [-0.25, -0.2) is 0 Å². The highest BCUT2D eigenvalue weighted by molar-refractivity contribution is 5.98. The second-order valence-electron chi connectivity index (χ2n) is 16.1. The van der Waals surface area contributed by atoms with Gasteiger partial charge in [0.1, 0.15) is 23.9 Å². The fourth-order valence-electron chi connectivity index (χ4n) is 7.20. The molecule has 0 unspecified atom stereocenters. The van der Waals surface area contributed by atoms with Gasteiger partial charge in [-0.2, -0.15) is 0 Å². The molecule has 1 spiro atoms. The summed E-state index contributed by atoms with van der Waals surface area (Å²) in [6.07, 6.45) is 7.00. The lowest BCUT2D eigenvalue weighted by atomic mass is 9.48. The molecule has 2 saturated heterocycles. The number of hydrogen-bond donors (Lipinski definition) is 4. The lowest BCUT2D eigenvalue weighted by molar-refractivity contribution is -0.153. The molecule has 2 saturated carbocycles. The van der Waals surface area contributed by atoms with Gasteiger partial charge in [0.15, 0.2) is 0 Å². The third kappa shape index (κ3) is 16.5. The summed E-state index contributed by atoms with van der Waals surface area (Å²) in [5.41, 5.74) is 0.861. The molecule has 0 aromatic heterocycles. The molecule has 12 heteroatoms. The van der Waals surface area contributed by atoms with Crippen LogP contribution in [0.5, 0.6) is 0 Å². The van der Waals surface area contributed by atoms with Crippen molar-refractivity contribution in [3.05, 3.63) is 84.9 Å². The van der Waals surface area contributed by atoms with E-state index in [9.17, 15) is 24.0 Å². The van der Waals surface area contributed by atoms with Crippen LogP contribution in [0.1, 0.15) is 89.5 Å². The number of morpholine rings is 1. The van der Waals surface area contributed by atoms with Crippen LogP contribution in [-0.4, -0.2) is 105 Å². The predicted octanol–water partition coefficient (Wildman–Crippen LogP) is 5.54. The smallest absolute Gasteiger partial charge is 0.246 e. The number of aryl methyl sites for hydroxylation is 2. The number of nitrogens with zero attached hydrogens (tertiary/aromatic N) is 1. The van der Waals surface area contributed by atoms with Crippen molar-refractivity contribution in [2.45, 2.75) is 109 Å². The van der Waals surface area contributed by atoms with Crippen molar-refractivity contribution >= 4 is 29.9 Å². The molecule has 2 aromatic carbocycles. The van der Waals surface area contributed by atoms with Crippen molar-refractivity contribution in [2.24, 2.45) is 11.3 Å². The molecule has 57 heavy (non-hydrogen) atoms. The van der Waals surface area contributed by atoms with Crippen LogP contribution in [0, 0.1) is 11.3 Å². The van der Waals surface area contributed by atoms with Crippen LogP contribution in [0.4, 0.5) is 0 Å². The largest absolute Gasteiger partial charge is 0.379 e. The summed E-state index contributed by atoms with van der Waals surface area (Å²) >= 11 is 0. The van der Waals surface area contributed by atoms with Crippen molar-refractivity contribution in [2.75, 3.05) is 46.0 Å². The molecular formula is C45H75N5O7. The third-order valence-electron chi connectivity index (χ3n) is 10.3. The number of benzene rings is 2. The number of amides is 4. The topological polar surface area (TPSA) is 158 Å². The Morgan fingerprint density at radius 1 is 0.860 bits per heavy atom. The van der Waals surface area contributed by atoms with Gasteiger partial charge >= 0.3 is 0 Å². The van der Waals surface area contributed by atoms with E-state index in [1.165, 1.54) is 0 Å². The summed E-state index contributed by atoms with van der Waals surface area (Å²) in [6, 6.07) is 17.7. The molecule has 2 aliphatic carbocycles. The number of carbonyl (C=O) groups is 5. The molecular weight excluding hydrogens is 723 g/mol. The number of nitrogens with one attached hydrogen (secondary N) is 4. The van der Waals surface area contributed by atoms with Gasteiger partial charge in [-0.1, -0.05) is 87.9 Å². The molecule has 4 aliphatic rings. The summed E-state index contributed by atoms with van der Waals surface area (Å²) in [7, 11) is 0. The molecule has 3 atom stereocenters. The fraction of sp³-hybridized carbons (Fsp3) is 0.578. The van der Waals surface area contributed by atoms with Crippen LogP contribution in [0.25, 0.3) is 0 Å². The Labute approximate surface area is 346 Å². The number of epoxide rings is 1. The zero-order valence-corrected chi connectivity index (χ0v) is 34.7. The van der Waals surface area contributed by atoms with Crippen LogP contribution in [0.15, 0.2) is 73.8 Å². The molecule has 2 heterocycles. The normalized spacial score (nSPS) is 19.4. The van der Waals surface area contributed by atoms with Gasteiger partial charge in [0.25, 0.3) is 0 Å².